The maximum atomic E-state index is 11.5. The first kappa shape index (κ1) is 14.4. The molecule has 0 atom stereocenters. The molecule has 0 saturated heterocycles. The van der Waals surface area contributed by atoms with Gasteiger partial charge in [0.1, 0.15) is 0 Å². The lowest BCUT2D eigenvalue weighted by Crippen LogP contribution is -2.07. The van der Waals surface area contributed by atoms with Gasteiger partial charge in [-0.15, -0.1) is 0 Å². The van der Waals surface area contributed by atoms with E-state index in [9.17, 15) is 14.9 Å². The number of nitro benzene ring substituents is 1. The number of alkyl halides is 1. The molecule has 0 aliphatic carbocycles. The maximum Gasteiger partial charge on any atom is 0.338 e. The molecule has 0 heterocycles. The molecule has 6 nitrogen and oxygen atoms in total. The molecule has 0 unspecified atom stereocenters. The molecule has 0 spiro atoms. The second kappa shape index (κ2) is 6.95. The topological polar surface area (TPSA) is 78.7 Å². The van der Waals surface area contributed by atoms with Crippen molar-refractivity contribution >= 4 is 27.6 Å². The average Bonchev–Trinajstić information content (AvgIpc) is 2.36. The zero-order chi connectivity index (χ0) is 13.5. The minimum atomic E-state index is -0.591. The van der Waals surface area contributed by atoms with Gasteiger partial charge in [0.2, 0.25) is 0 Å². The summed E-state index contributed by atoms with van der Waals surface area (Å²) in [4.78, 5) is 21.7. The Morgan fingerprint density at radius 1 is 1.50 bits per heavy atom. The monoisotopic (exact) mass is 317 g/mol. The van der Waals surface area contributed by atoms with Crippen molar-refractivity contribution in [2.45, 2.75) is 6.92 Å². The van der Waals surface area contributed by atoms with Gasteiger partial charge in [-0.3, -0.25) is 10.1 Å². The average molecular weight is 318 g/mol. The molecule has 0 aliphatic rings. The molecule has 0 aliphatic heterocycles. The summed E-state index contributed by atoms with van der Waals surface area (Å²) in [5.41, 5.74) is -0.115. The Kier molecular flexibility index (Phi) is 5.57. The zero-order valence-corrected chi connectivity index (χ0v) is 11.3. The van der Waals surface area contributed by atoms with E-state index in [0.717, 1.165) is 6.07 Å². The van der Waals surface area contributed by atoms with Crippen LogP contribution in [0.15, 0.2) is 18.2 Å². The number of hydrogen-bond donors (Lipinski definition) is 0. The van der Waals surface area contributed by atoms with E-state index in [4.69, 9.17) is 9.47 Å². The standard InChI is InChI=1S/C11H12BrNO5/c1-2-17-11(14)8-3-4-10(18-6-5-12)9(7-8)13(15)16/h3-4,7H,2,5-6H2,1H3. The zero-order valence-electron chi connectivity index (χ0n) is 9.72. The molecular formula is C11H12BrNO5. The van der Waals surface area contributed by atoms with Gasteiger partial charge in [-0.1, -0.05) is 15.9 Å². The lowest BCUT2D eigenvalue weighted by molar-refractivity contribution is -0.385. The summed E-state index contributed by atoms with van der Waals surface area (Å²) in [7, 11) is 0. The molecule has 1 aromatic rings. The van der Waals surface area contributed by atoms with Gasteiger partial charge in [-0.25, -0.2) is 4.79 Å². The molecular weight excluding hydrogens is 306 g/mol. The number of nitro groups is 1. The largest absolute Gasteiger partial charge is 0.486 e. The Labute approximate surface area is 112 Å². The van der Waals surface area contributed by atoms with Crippen molar-refractivity contribution in [1.82, 2.24) is 0 Å². The van der Waals surface area contributed by atoms with Crippen LogP contribution in [0.2, 0.25) is 0 Å². The van der Waals surface area contributed by atoms with Crippen molar-refractivity contribution in [1.29, 1.82) is 0 Å². The third kappa shape index (κ3) is 3.69. The Morgan fingerprint density at radius 2 is 2.22 bits per heavy atom. The van der Waals surface area contributed by atoms with Crippen molar-refractivity contribution in [3.8, 4) is 5.75 Å². The molecule has 0 fully saturated rings. The fourth-order valence-corrected chi connectivity index (χ4v) is 1.43. The van der Waals surface area contributed by atoms with Crippen molar-refractivity contribution in [3.63, 3.8) is 0 Å². The van der Waals surface area contributed by atoms with Crippen LogP contribution in [-0.2, 0) is 4.74 Å². The summed E-state index contributed by atoms with van der Waals surface area (Å²) >= 11 is 3.16. The molecule has 0 amide bonds. The van der Waals surface area contributed by atoms with E-state index >= 15 is 0 Å². The minimum Gasteiger partial charge on any atom is -0.486 e. The van der Waals surface area contributed by atoms with Crippen molar-refractivity contribution in [3.05, 3.63) is 33.9 Å². The first-order chi connectivity index (χ1) is 8.60. The van der Waals surface area contributed by atoms with Crippen LogP contribution in [0.25, 0.3) is 0 Å². The maximum absolute atomic E-state index is 11.5. The SMILES string of the molecule is CCOC(=O)c1ccc(OCCBr)c([N+](=O)[O-])c1. The van der Waals surface area contributed by atoms with E-state index < -0.39 is 10.9 Å². The highest BCUT2D eigenvalue weighted by Gasteiger charge is 2.19. The second-order valence-corrected chi connectivity index (χ2v) is 3.99. The van der Waals surface area contributed by atoms with Crippen LogP contribution in [0.3, 0.4) is 0 Å². The third-order valence-corrected chi connectivity index (χ3v) is 2.33. The quantitative estimate of drug-likeness (QED) is 0.348. The molecule has 0 aromatic heterocycles. The second-order valence-electron chi connectivity index (χ2n) is 3.20. The molecule has 1 aromatic carbocycles. The van der Waals surface area contributed by atoms with Crippen LogP contribution in [0, 0.1) is 10.1 Å². The number of benzene rings is 1. The van der Waals surface area contributed by atoms with E-state index in [1.54, 1.807) is 6.92 Å². The molecule has 0 saturated carbocycles. The van der Waals surface area contributed by atoms with Crippen LogP contribution in [0.5, 0.6) is 5.75 Å². The summed E-state index contributed by atoms with van der Waals surface area (Å²) < 4.78 is 9.98. The summed E-state index contributed by atoms with van der Waals surface area (Å²) in [5, 5.41) is 11.4. The molecule has 98 valence electrons. The number of halogens is 1. The highest BCUT2D eigenvalue weighted by Crippen LogP contribution is 2.28. The number of nitrogens with zero attached hydrogens (tertiary/aromatic N) is 1. The van der Waals surface area contributed by atoms with Crippen molar-refractivity contribution in [2.75, 3.05) is 18.5 Å². The van der Waals surface area contributed by atoms with Gasteiger partial charge < -0.3 is 9.47 Å². The fraction of sp³-hybridized carbons (Fsp3) is 0.364. The van der Waals surface area contributed by atoms with Gasteiger partial charge in [0.25, 0.3) is 0 Å². The molecule has 1 rings (SSSR count). The fourth-order valence-electron chi connectivity index (χ4n) is 1.27. The van der Waals surface area contributed by atoms with Gasteiger partial charge in [0, 0.05) is 11.4 Å². The summed E-state index contributed by atoms with van der Waals surface area (Å²) in [5.74, 6) is -0.458. The van der Waals surface area contributed by atoms with E-state index in [1.165, 1.54) is 12.1 Å². The Hall–Kier alpha value is -1.63. The normalized spacial score (nSPS) is 9.89. The van der Waals surface area contributed by atoms with Gasteiger partial charge in [-0.2, -0.15) is 0 Å². The molecule has 0 bridgehead atoms. The Morgan fingerprint density at radius 3 is 2.78 bits per heavy atom. The van der Waals surface area contributed by atoms with Crippen molar-refractivity contribution < 1.29 is 19.2 Å². The first-order valence-electron chi connectivity index (χ1n) is 5.24. The molecule has 18 heavy (non-hydrogen) atoms. The highest BCUT2D eigenvalue weighted by molar-refractivity contribution is 9.09. The van der Waals surface area contributed by atoms with E-state index in [1.807, 2.05) is 0 Å². The smallest absolute Gasteiger partial charge is 0.338 e. The summed E-state index contributed by atoms with van der Waals surface area (Å²) in [6.07, 6.45) is 0. The lowest BCUT2D eigenvalue weighted by Gasteiger charge is -2.06. The minimum absolute atomic E-state index is 0.132. The molecule has 7 heteroatoms. The lowest BCUT2D eigenvalue weighted by atomic mass is 10.2. The van der Waals surface area contributed by atoms with Crippen LogP contribution in [0.1, 0.15) is 17.3 Å². The van der Waals surface area contributed by atoms with Gasteiger partial charge in [-0.05, 0) is 19.1 Å². The van der Waals surface area contributed by atoms with Crippen molar-refractivity contribution in [2.24, 2.45) is 0 Å². The van der Waals surface area contributed by atoms with Crippen LogP contribution < -0.4 is 4.74 Å². The number of carbonyl (C=O) groups is 1. The van der Waals surface area contributed by atoms with Gasteiger partial charge >= 0.3 is 11.7 Å². The first-order valence-corrected chi connectivity index (χ1v) is 6.36. The van der Waals surface area contributed by atoms with E-state index in [-0.39, 0.29) is 23.6 Å². The highest BCUT2D eigenvalue weighted by atomic mass is 79.9. The third-order valence-electron chi connectivity index (χ3n) is 2.00. The van der Waals surface area contributed by atoms with E-state index in [0.29, 0.717) is 11.9 Å². The van der Waals surface area contributed by atoms with Crippen LogP contribution in [0.4, 0.5) is 5.69 Å². The number of carbonyl (C=O) groups excluding carboxylic acids is 1. The van der Waals surface area contributed by atoms with E-state index in [2.05, 4.69) is 15.9 Å². The predicted octanol–water partition coefficient (Wildman–Crippen LogP) is 2.55. The van der Waals surface area contributed by atoms with Crippen LogP contribution >= 0.6 is 15.9 Å². The van der Waals surface area contributed by atoms with Gasteiger partial charge in [0.15, 0.2) is 5.75 Å². The molecule has 0 N–H and O–H groups in total. The number of rotatable bonds is 6. The summed E-state index contributed by atoms with van der Waals surface area (Å²) in [6, 6.07) is 3.99. The van der Waals surface area contributed by atoms with Crippen LogP contribution in [-0.4, -0.2) is 29.4 Å². The summed E-state index contributed by atoms with van der Waals surface area (Å²) in [6.45, 7) is 2.19. The predicted molar refractivity (Wildman–Crippen MR) is 68.3 cm³/mol. The number of esters is 1. The number of ether oxygens (including phenoxy) is 2. The van der Waals surface area contributed by atoms with Gasteiger partial charge in [0.05, 0.1) is 23.7 Å². The Balaban J connectivity index is 3.03. The molecule has 0 radical (unpaired) electrons. The Bertz CT molecular complexity index is 449. The number of hydrogen-bond acceptors (Lipinski definition) is 5.